The molecule has 2 rings (SSSR count). The summed E-state index contributed by atoms with van der Waals surface area (Å²) in [6.45, 7) is 2.31. The Labute approximate surface area is 105 Å². The zero-order chi connectivity index (χ0) is 13.1. The van der Waals surface area contributed by atoms with Gasteiger partial charge in [-0.1, -0.05) is 0 Å². The first kappa shape index (κ1) is 12.8. The van der Waals surface area contributed by atoms with E-state index < -0.39 is 12.1 Å². The van der Waals surface area contributed by atoms with Crippen LogP contribution in [0.15, 0.2) is 18.2 Å². The number of nitrogens with one attached hydrogen (secondary N) is 1. The number of aliphatic carboxylic acids is 1. The van der Waals surface area contributed by atoms with Crippen LogP contribution in [0.1, 0.15) is 18.4 Å². The minimum absolute atomic E-state index is 0.130. The quantitative estimate of drug-likeness (QED) is 0.863. The minimum atomic E-state index is -0.917. The van der Waals surface area contributed by atoms with Crippen LogP contribution in [0.3, 0.4) is 0 Å². The van der Waals surface area contributed by atoms with E-state index >= 15 is 0 Å². The van der Waals surface area contributed by atoms with E-state index in [1.807, 2.05) is 13.0 Å². The van der Waals surface area contributed by atoms with Crippen LogP contribution in [-0.4, -0.2) is 29.8 Å². The van der Waals surface area contributed by atoms with Gasteiger partial charge in [-0.3, -0.25) is 0 Å². The molecule has 0 amide bonds. The van der Waals surface area contributed by atoms with Crippen LogP contribution >= 0.6 is 0 Å². The van der Waals surface area contributed by atoms with Crippen molar-refractivity contribution in [2.75, 3.05) is 11.9 Å². The van der Waals surface area contributed by atoms with Gasteiger partial charge in [0.05, 0.1) is 6.10 Å². The average Bonchev–Trinajstić information content (AvgIpc) is 2.73. The highest BCUT2D eigenvalue weighted by molar-refractivity contribution is 5.72. The third-order valence-electron chi connectivity index (χ3n) is 2.96. The highest BCUT2D eigenvalue weighted by atomic mass is 19.1. The molecular weight excluding hydrogens is 237 g/mol. The van der Waals surface area contributed by atoms with Gasteiger partial charge >= 0.3 is 5.97 Å². The third kappa shape index (κ3) is 3.20. The highest BCUT2D eigenvalue weighted by Gasteiger charge is 2.30. The van der Waals surface area contributed by atoms with Crippen LogP contribution in [0.2, 0.25) is 0 Å². The molecule has 18 heavy (non-hydrogen) atoms. The maximum atomic E-state index is 13.1. The molecule has 5 heteroatoms. The van der Waals surface area contributed by atoms with Gasteiger partial charge in [-0.15, -0.1) is 0 Å². The Balaban J connectivity index is 1.87. The Morgan fingerprint density at radius 1 is 1.50 bits per heavy atom. The fraction of sp³-hybridized carbons (Fsp3) is 0.462. The van der Waals surface area contributed by atoms with Crippen LogP contribution in [0.5, 0.6) is 0 Å². The van der Waals surface area contributed by atoms with Crippen molar-refractivity contribution in [2.24, 2.45) is 0 Å². The molecule has 98 valence electrons. The Bertz CT molecular complexity index is 430. The number of ether oxygens (including phenoxy) is 1. The number of benzene rings is 1. The monoisotopic (exact) mass is 253 g/mol. The number of anilines is 1. The van der Waals surface area contributed by atoms with Gasteiger partial charge in [-0.05, 0) is 43.5 Å². The molecule has 1 aromatic rings. The molecule has 0 saturated carbocycles. The van der Waals surface area contributed by atoms with E-state index in [1.54, 1.807) is 0 Å². The molecule has 1 aromatic carbocycles. The summed E-state index contributed by atoms with van der Waals surface area (Å²) < 4.78 is 18.5. The molecule has 2 unspecified atom stereocenters. The van der Waals surface area contributed by atoms with Crippen LogP contribution in [0.25, 0.3) is 0 Å². The molecule has 4 nitrogen and oxygen atoms in total. The summed E-state index contributed by atoms with van der Waals surface area (Å²) in [7, 11) is 0. The van der Waals surface area contributed by atoms with Gasteiger partial charge in [-0.25, -0.2) is 9.18 Å². The van der Waals surface area contributed by atoms with E-state index in [1.165, 1.54) is 12.1 Å². The molecular formula is C13H16FNO3. The van der Waals surface area contributed by atoms with E-state index in [0.29, 0.717) is 25.1 Å². The second kappa shape index (κ2) is 5.35. The normalized spacial score (nSPS) is 23.0. The summed E-state index contributed by atoms with van der Waals surface area (Å²) in [6.07, 6.45) is 0.406. The topological polar surface area (TPSA) is 58.6 Å². The fourth-order valence-electron chi connectivity index (χ4n) is 2.11. The molecule has 2 N–H and O–H groups in total. The van der Waals surface area contributed by atoms with Crippen molar-refractivity contribution < 1.29 is 19.0 Å². The lowest BCUT2D eigenvalue weighted by molar-refractivity contribution is -0.149. The fourth-order valence-corrected chi connectivity index (χ4v) is 2.11. The van der Waals surface area contributed by atoms with E-state index in [2.05, 4.69) is 5.32 Å². The lowest BCUT2D eigenvalue weighted by Gasteiger charge is -2.13. The molecule has 0 aromatic heterocycles. The highest BCUT2D eigenvalue weighted by Crippen LogP contribution is 2.21. The van der Waals surface area contributed by atoms with Gasteiger partial charge in [-0.2, -0.15) is 0 Å². The number of halogens is 1. The summed E-state index contributed by atoms with van der Waals surface area (Å²) in [5.41, 5.74) is 1.53. The molecule has 2 atom stereocenters. The predicted molar refractivity (Wildman–Crippen MR) is 65.2 cm³/mol. The Morgan fingerprint density at radius 2 is 2.28 bits per heavy atom. The van der Waals surface area contributed by atoms with Gasteiger partial charge in [0.1, 0.15) is 5.82 Å². The van der Waals surface area contributed by atoms with E-state index in [0.717, 1.165) is 5.56 Å². The zero-order valence-corrected chi connectivity index (χ0v) is 10.1. The SMILES string of the molecule is Cc1cc(F)cc(NCC2CCC(C(=O)O)O2)c1. The predicted octanol–water partition coefficient (Wildman–Crippen LogP) is 2.18. The summed E-state index contributed by atoms with van der Waals surface area (Å²) >= 11 is 0. The number of carbonyl (C=O) groups is 1. The van der Waals surface area contributed by atoms with Crippen molar-refractivity contribution in [2.45, 2.75) is 32.0 Å². The van der Waals surface area contributed by atoms with Crippen molar-refractivity contribution in [1.82, 2.24) is 0 Å². The maximum Gasteiger partial charge on any atom is 0.332 e. The molecule has 1 aliphatic rings. The van der Waals surface area contributed by atoms with Gasteiger partial charge < -0.3 is 15.2 Å². The van der Waals surface area contributed by atoms with E-state index in [9.17, 15) is 9.18 Å². The number of hydrogen-bond donors (Lipinski definition) is 2. The smallest absolute Gasteiger partial charge is 0.332 e. The molecule has 0 bridgehead atoms. The molecule has 0 spiro atoms. The number of aryl methyl sites for hydroxylation is 1. The molecule has 1 saturated heterocycles. The van der Waals surface area contributed by atoms with Crippen molar-refractivity contribution >= 4 is 11.7 Å². The summed E-state index contributed by atoms with van der Waals surface area (Å²) in [4.78, 5) is 10.7. The summed E-state index contributed by atoms with van der Waals surface area (Å²) in [5.74, 6) is -1.20. The molecule has 1 fully saturated rings. The van der Waals surface area contributed by atoms with Gasteiger partial charge in [0.15, 0.2) is 6.10 Å². The van der Waals surface area contributed by atoms with Crippen LogP contribution in [0, 0.1) is 12.7 Å². The van der Waals surface area contributed by atoms with Crippen molar-refractivity contribution in [3.63, 3.8) is 0 Å². The first-order valence-corrected chi connectivity index (χ1v) is 5.94. The van der Waals surface area contributed by atoms with Crippen LogP contribution in [0.4, 0.5) is 10.1 Å². The average molecular weight is 253 g/mol. The number of rotatable bonds is 4. The molecule has 1 aliphatic heterocycles. The lowest BCUT2D eigenvalue weighted by atomic mass is 10.2. The third-order valence-corrected chi connectivity index (χ3v) is 2.96. The van der Waals surface area contributed by atoms with Gasteiger partial charge in [0.25, 0.3) is 0 Å². The standard InChI is InChI=1S/C13H16FNO3/c1-8-4-9(14)6-10(5-8)15-7-11-2-3-12(18-11)13(16)17/h4-6,11-12,15H,2-3,7H2,1H3,(H,16,17). The Morgan fingerprint density at radius 3 is 2.89 bits per heavy atom. The van der Waals surface area contributed by atoms with Crippen LogP contribution in [-0.2, 0) is 9.53 Å². The van der Waals surface area contributed by atoms with Crippen LogP contribution < -0.4 is 5.32 Å². The first-order chi connectivity index (χ1) is 8.54. The molecule has 1 heterocycles. The molecule has 0 aliphatic carbocycles. The van der Waals surface area contributed by atoms with Gasteiger partial charge in [0.2, 0.25) is 0 Å². The molecule has 0 radical (unpaired) electrons. The minimum Gasteiger partial charge on any atom is -0.479 e. The first-order valence-electron chi connectivity index (χ1n) is 5.94. The number of hydrogen-bond acceptors (Lipinski definition) is 3. The number of carboxylic acid groups (broad SMARTS) is 1. The largest absolute Gasteiger partial charge is 0.479 e. The van der Waals surface area contributed by atoms with E-state index in [4.69, 9.17) is 9.84 Å². The second-order valence-electron chi connectivity index (χ2n) is 4.56. The Kier molecular flexibility index (Phi) is 3.81. The van der Waals surface area contributed by atoms with Crippen molar-refractivity contribution in [3.05, 3.63) is 29.6 Å². The zero-order valence-electron chi connectivity index (χ0n) is 10.1. The summed E-state index contributed by atoms with van der Waals surface area (Å²) in [5, 5.41) is 11.9. The van der Waals surface area contributed by atoms with Crippen molar-refractivity contribution in [3.8, 4) is 0 Å². The number of carboxylic acids is 1. The summed E-state index contributed by atoms with van der Waals surface area (Å²) in [6, 6.07) is 4.71. The Hall–Kier alpha value is -1.62. The van der Waals surface area contributed by atoms with E-state index in [-0.39, 0.29) is 11.9 Å². The second-order valence-corrected chi connectivity index (χ2v) is 4.56. The van der Waals surface area contributed by atoms with Crippen molar-refractivity contribution in [1.29, 1.82) is 0 Å². The van der Waals surface area contributed by atoms with Gasteiger partial charge in [0, 0.05) is 12.2 Å². The lowest BCUT2D eigenvalue weighted by Crippen LogP contribution is -2.24. The maximum absolute atomic E-state index is 13.1.